The van der Waals surface area contributed by atoms with Crippen molar-refractivity contribution >= 4 is 5.97 Å². The number of hydrogen-bond donors (Lipinski definition) is 4. The maximum atomic E-state index is 12.4. The normalized spacial score (nSPS) is 55.3. The van der Waals surface area contributed by atoms with Crippen molar-refractivity contribution in [2.45, 2.75) is 121 Å². The molecular formula is C30H46O9. The number of aliphatic hydroxyl groups is 4. The minimum Gasteiger partial charge on any atom is -0.458 e. The topological polar surface area (TPSA) is 135 Å². The molecule has 39 heavy (non-hydrogen) atoms. The zero-order valence-electron chi connectivity index (χ0n) is 23.6. The van der Waals surface area contributed by atoms with Gasteiger partial charge in [-0.05, 0) is 80.6 Å². The van der Waals surface area contributed by atoms with Crippen LogP contribution in [0.3, 0.4) is 0 Å². The number of carbonyl (C=O) groups is 1. The van der Waals surface area contributed by atoms with E-state index in [1.54, 1.807) is 6.92 Å². The molecule has 0 aromatic carbocycles. The zero-order valence-corrected chi connectivity index (χ0v) is 23.6. The van der Waals surface area contributed by atoms with Gasteiger partial charge >= 0.3 is 5.97 Å². The quantitative estimate of drug-likeness (QED) is 0.307. The van der Waals surface area contributed by atoms with Crippen LogP contribution in [0.1, 0.15) is 72.1 Å². The lowest BCUT2D eigenvalue weighted by molar-refractivity contribution is -0.313. The monoisotopic (exact) mass is 550 g/mol. The van der Waals surface area contributed by atoms with Crippen molar-refractivity contribution < 1.29 is 44.2 Å². The average molecular weight is 551 g/mol. The molecule has 4 aliphatic carbocycles. The highest BCUT2D eigenvalue weighted by atomic mass is 16.7. The van der Waals surface area contributed by atoms with Gasteiger partial charge in [-0.3, -0.25) is 0 Å². The number of esters is 1. The van der Waals surface area contributed by atoms with Gasteiger partial charge in [0, 0.05) is 30.9 Å². The average Bonchev–Trinajstić information content (AvgIpc) is 3.39. The first kappa shape index (κ1) is 28.1. The summed E-state index contributed by atoms with van der Waals surface area (Å²) in [5, 5.41) is 44.7. The van der Waals surface area contributed by atoms with E-state index in [9.17, 15) is 25.2 Å². The molecule has 6 rings (SSSR count). The molecule has 1 saturated heterocycles. The van der Waals surface area contributed by atoms with Crippen LogP contribution in [0.5, 0.6) is 0 Å². The number of cyclic esters (lactones) is 1. The van der Waals surface area contributed by atoms with Crippen molar-refractivity contribution in [2.75, 3.05) is 13.7 Å². The van der Waals surface area contributed by atoms with E-state index in [1.807, 2.05) is 0 Å². The van der Waals surface area contributed by atoms with Crippen molar-refractivity contribution in [3.05, 3.63) is 11.6 Å². The molecule has 0 bridgehead atoms. The Kier molecular flexibility index (Phi) is 7.02. The molecule has 2 heterocycles. The summed E-state index contributed by atoms with van der Waals surface area (Å²) in [7, 11) is 1.48. The number of rotatable bonds is 4. The first-order chi connectivity index (χ1) is 18.4. The van der Waals surface area contributed by atoms with Crippen LogP contribution in [0, 0.1) is 34.5 Å². The van der Waals surface area contributed by atoms with Crippen molar-refractivity contribution in [3.63, 3.8) is 0 Å². The Morgan fingerprint density at radius 1 is 1.03 bits per heavy atom. The molecule has 4 N–H and O–H groups in total. The van der Waals surface area contributed by atoms with Gasteiger partial charge in [-0.25, -0.2) is 4.79 Å². The fourth-order valence-electron chi connectivity index (χ4n) is 10.2. The molecule has 14 atom stereocenters. The van der Waals surface area contributed by atoms with Gasteiger partial charge < -0.3 is 39.4 Å². The first-order valence-corrected chi connectivity index (χ1v) is 14.9. The minimum absolute atomic E-state index is 0.0547. The van der Waals surface area contributed by atoms with E-state index in [0.29, 0.717) is 18.3 Å². The summed E-state index contributed by atoms with van der Waals surface area (Å²) < 4.78 is 22.7. The van der Waals surface area contributed by atoms with Crippen LogP contribution in [0.15, 0.2) is 11.6 Å². The van der Waals surface area contributed by atoms with Crippen molar-refractivity contribution in [1.82, 2.24) is 0 Å². The summed E-state index contributed by atoms with van der Waals surface area (Å²) in [5.74, 6) is 0.260. The zero-order chi connectivity index (χ0) is 27.9. The molecule has 220 valence electrons. The number of methoxy groups -OCH3 is 1. The lowest BCUT2D eigenvalue weighted by Crippen LogP contribution is -2.62. The van der Waals surface area contributed by atoms with Gasteiger partial charge in [0.05, 0.1) is 23.9 Å². The Hall–Kier alpha value is -1.07. The highest BCUT2D eigenvalue weighted by Gasteiger charge is 2.70. The van der Waals surface area contributed by atoms with E-state index >= 15 is 0 Å². The molecule has 9 nitrogen and oxygen atoms in total. The first-order valence-electron chi connectivity index (χ1n) is 14.9. The number of fused-ring (bicyclic) bond motifs is 5. The van der Waals surface area contributed by atoms with E-state index < -0.39 is 47.8 Å². The number of ether oxygens (including phenoxy) is 4. The predicted molar refractivity (Wildman–Crippen MR) is 139 cm³/mol. The smallest absolute Gasteiger partial charge is 0.331 e. The summed E-state index contributed by atoms with van der Waals surface area (Å²) in [6.07, 6.45) is 3.40. The van der Waals surface area contributed by atoms with Crippen LogP contribution in [-0.2, 0) is 23.7 Å². The number of aliphatic hydroxyl groups excluding tert-OH is 3. The van der Waals surface area contributed by atoms with Crippen LogP contribution in [-0.4, -0.2) is 88.6 Å². The molecule has 0 amide bonds. The van der Waals surface area contributed by atoms with Crippen LogP contribution in [0.25, 0.3) is 0 Å². The van der Waals surface area contributed by atoms with Gasteiger partial charge in [-0.1, -0.05) is 13.8 Å². The second-order valence-corrected chi connectivity index (χ2v) is 13.9. The summed E-state index contributed by atoms with van der Waals surface area (Å²) in [5.41, 5.74) is -0.601. The van der Waals surface area contributed by atoms with E-state index in [4.69, 9.17) is 18.9 Å². The Balaban J connectivity index is 1.17. The molecular weight excluding hydrogens is 504 g/mol. The second kappa shape index (κ2) is 9.75. The van der Waals surface area contributed by atoms with Crippen molar-refractivity contribution in [1.29, 1.82) is 0 Å². The minimum atomic E-state index is -1.06. The van der Waals surface area contributed by atoms with Crippen LogP contribution < -0.4 is 0 Å². The second-order valence-electron chi connectivity index (χ2n) is 13.9. The molecule has 0 spiro atoms. The molecule has 5 fully saturated rings. The molecule has 6 unspecified atom stereocenters. The van der Waals surface area contributed by atoms with Crippen LogP contribution >= 0.6 is 0 Å². The standard InChI is InChI=1S/C30H46O9/c1-15-24(33)26(36-4)25(34)27(38-15)39-18-7-9-28(2)17(12-18)5-6-20-19(28)8-10-29(3)23(16-11-22(32)37-14-16)21(31)13-30(20,29)35/h11,15,17-21,23-27,31,33-35H,5-10,12-14H2,1-4H3/t15?,17-,18+,19?,20?,21?,23+,24+,25?,26?,27+,28+,29-,30+/m1/s1. The highest BCUT2D eigenvalue weighted by Crippen LogP contribution is 2.70. The molecule has 0 aromatic heterocycles. The Bertz CT molecular complexity index is 1000. The Labute approximate surface area is 230 Å². The maximum absolute atomic E-state index is 12.4. The SMILES string of the molecule is COC1C(O)[C@H](O[C@H]2CC[C@]3(C)C4CC[C@]5(C)[C@@H](C6=CC(=O)OC6)C(O)C[C@]5(O)C4CC[C@@H]3C2)OC(C)[C@@H]1O. The summed E-state index contributed by atoms with van der Waals surface area (Å²) in [4.78, 5) is 11.8. The van der Waals surface area contributed by atoms with Crippen molar-refractivity contribution in [2.24, 2.45) is 34.5 Å². The number of hydrogen-bond acceptors (Lipinski definition) is 9. The molecule has 2 aliphatic heterocycles. The van der Waals surface area contributed by atoms with Gasteiger partial charge in [-0.2, -0.15) is 0 Å². The van der Waals surface area contributed by atoms with Crippen LogP contribution in [0.4, 0.5) is 0 Å². The van der Waals surface area contributed by atoms with Gasteiger partial charge in [0.1, 0.15) is 24.9 Å². The molecule has 9 heteroatoms. The van der Waals surface area contributed by atoms with E-state index in [1.165, 1.54) is 13.2 Å². The largest absolute Gasteiger partial charge is 0.458 e. The lowest BCUT2D eigenvalue weighted by atomic mass is 9.43. The summed E-state index contributed by atoms with van der Waals surface area (Å²) in [6, 6.07) is 0. The van der Waals surface area contributed by atoms with E-state index in [-0.39, 0.29) is 35.9 Å². The summed E-state index contributed by atoms with van der Waals surface area (Å²) >= 11 is 0. The van der Waals surface area contributed by atoms with Gasteiger partial charge in [0.25, 0.3) is 0 Å². The lowest BCUT2D eigenvalue weighted by Gasteiger charge is -2.63. The third-order valence-electron chi connectivity index (χ3n) is 12.3. The third kappa shape index (κ3) is 4.09. The van der Waals surface area contributed by atoms with Crippen LogP contribution in [0.2, 0.25) is 0 Å². The van der Waals surface area contributed by atoms with E-state index in [2.05, 4.69) is 13.8 Å². The summed E-state index contributed by atoms with van der Waals surface area (Å²) in [6.45, 7) is 6.48. The van der Waals surface area contributed by atoms with Gasteiger partial charge in [-0.15, -0.1) is 0 Å². The molecule has 4 saturated carbocycles. The highest BCUT2D eigenvalue weighted by molar-refractivity contribution is 5.85. The Morgan fingerprint density at radius 2 is 1.79 bits per heavy atom. The fourth-order valence-corrected chi connectivity index (χ4v) is 10.2. The fraction of sp³-hybridized carbons (Fsp3) is 0.900. The van der Waals surface area contributed by atoms with E-state index in [0.717, 1.165) is 50.5 Å². The molecule has 0 radical (unpaired) electrons. The maximum Gasteiger partial charge on any atom is 0.331 e. The van der Waals surface area contributed by atoms with Gasteiger partial charge in [0.2, 0.25) is 0 Å². The number of carbonyl (C=O) groups excluding carboxylic acids is 1. The molecule has 0 aromatic rings. The van der Waals surface area contributed by atoms with Gasteiger partial charge in [0.15, 0.2) is 6.29 Å². The predicted octanol–water partition coefficient (Wildman–Crippen LogP) is 2.08. The Morgan fingerprint density at radius 3 is 2.49 bits per heavy atom. The molecule has 6 aliphatic rings. The third-order valence-corrected chi connectivity index (χ3v) is 12.3. The van der Waals surface area contributed by atoms with Crippen molar-refractivity contribution in [3.8, 4) is 0 Å².